The van der Waals surface area contributed by atoms with Gasteiger partial charge in [0.2, 0.25) is 0 Å². The molecule has 0 bridgehead atoms. The van der Waals surface area contributed by atoms with E-state index in [-0.39, 0.29) is 0 Å². The van der Waals surface area contributed by atoms with E-state index in [1.165, 1.54) is 0 Å². The van der Waals surface area contributed by atoms with Crippen LogP contribution in [0.25, 0.3) is 11.0 Å². The van der Waals surface area contributed by atoms with Crippen molar-refractivity contribution in [2.24, 2.45) is 0 Å². The fraction of sp³-hybridized carbons (Fsp3) is 0. The highest BCUT2D eigenvalue weighted by molar-refractivity contribution is 5.78. The van der Waals surface area contributed by atoms with E-state index in [2.05, 4.69) is 11.8 Å². The van der Waals surface area contributed by atoms with Crippen molar-refractivity contribution in [1.29, 1.82) is 0 Å². The van der Waals surface area contributed by atoms with Crippen molar-refractivity contribution in [1.82, 2.24) is 0 Å². The van der Waals surface area contributed by atoms with E-state index in [0.717, 1.165) is 16.5 Å². The van der Waals surface area contributed by atoms with E-state index in [9.17, 15) is 0 Å². The molecule has 2 aromatic carbocycles. The van der Waals surface area contributed by atoms with E-state index in [4.69, 9.17) is 4.42 Å². The third-order valence-electron chi connectivity index (χ3n) is 2.53. The highest BCUT2D eigenvalue weighted by Gasteiger charge is 1.98. The van der Waals surface area contributed by atoms with Gasteiger partial charge in [0.15, 0.2) is 5.76 Å². The average Bonchev–Trinajstić information content (AvgIpc) is 2.80. The SMILES string of the molecule is C(#Cc1cc2ccccc2o1)c1ccccc1. The Morgan fingerprint density at radius 2 is 1.53 bits per heavy atom. The van der Waals surface area contributed by atoms with E-state index < -0.39 is 0 Å². The molecular formula is C16H10O. The lowest BCUT2D eigenvalue weighted by Crippen LogP contribution is -1.71. The van der Waals surface area contributed by atoms with Crippen molar-refractivity contribution in [3.8, 4) is 11.8 Å². The number of furan rings is 1. The Balaban J connectivity index is 1.98. The third kappa shape index (κ3) is 2.07. The maximum atomic E-state index is 5.62. The quantitative estimate of drug-likeness (QED) is 0.522. The van der Waals surface area contributed by atoms with Crippen molar-refractivity contribution in [3.63, 3.8) is 0 Å². The summed E-state index contributed by atoms with van der Waals surface area (Å²) in [6.07, 6.45) is 0. The number of hydrogen-bond acceptors (Lipinski definition) is 1. The molecule has 0 saturated carbocycles. The molecule has 0 unspecified atom stereocenters. The molecule has 1 heteroatoms. The lowest BCUT2D eigenvalue weighted by atomic mass is 10.2. The van der Waals surface area contributed by atoms with Gasteiger partial charge in [-0.2, -0.15) is 0 Å². The van der Waals surface area contributed by atoms with Gasteiger partial charge >= 0.3 is 0 Å². The Bertz CT molecular complexity index is 663. The molecule has 0 amide bonds. The number of fused-ring (bicyclic) bond motifs is 1. The lowest BCUT2D eigenvalue weighted by Gasteiger charge is -1.85. The van der Waals surface area contributed by atoms with Crippen LogP contribution >= 0.6 is 0 Å². The van der Waals surface area contributed by atoms with E-state index in [1.807, 2.05) is 60.7 Å². The maximum absolute atomic E-state index is 5.62. The van der Waals surface area contributed by atoms with Gasteiger partial charge in [-0.15, -0.1) is 0 Å². The Morgan fingerprint density at radius 1 is 0.765 bits per heavy atom. The average molecular weight is 218 g/mol. The zero-order valence-electron chi connectivity index (χ0n) is 9.18. The van der Waals surface area contributed by atoms with Crippen LogP contribution in [0.2, 0.25) is 0 Å². The molecular weight excluding hydrogens is 208 g/mol. The fourth-order valence-corrected chi connectivity index (χ4v) is 1.70. The molecule has 17 heavy (non-hydrogen) atoms. The zero-order chi connectivity index (χ0) is 11.5. The standard InChI is InChI=1S/C16H10O/c1-2-6-13(7-3-1)10-11-15-12-14-8-4-5-9-16(14)17-15/h1-9,12H. The van der Waals surface area contributed by atoms with Crippen molar-refractivity contribution < 1.29 is 4.42 Å². The summed E-state index contributed by atoms with van der Waals surface area (Å²) in [6.45, 7) is 0. The van der Waals surface area contributed by atoms with E-state index >= 15 is 0 Å². The topological polar surface area (TPSA) is 13.1 Å². The van der Waals surface area contributed by atoms with Gasteiger partial charge in [-0.3, -0.25) is 0 Å². The minimum Gasteiger partial charge on any atom is -0.448 e. The minimum atomic E-state index is 0.704. The lowest BCUT2D eigenvalue weighted by molar-refractivity contribution is 0.601. The molecule has 3 aromatic rings. The molecule has 0 aliphatic heterocycles. The van der Waals surface area contributed by atoms with E-state index in [0.29, 0.717) is 5.76 Å². The predicted molar refractivity (Wildman–Crippen MR) is 68.6 cm³/mol. The van der Waals surface area contributed by atoms with Crippen LogP contribution in [0, 0.1) is 11.8 Å². The van der Waals surface area contributed by atoms with Gasteiger partial charge in [0.25, 0.3) is 0 Å². The van der Waals surface area contributed by atoms with Crippen molar-refractivity contribution in [3.05, 3.63) is 72.0 Å². The molecule has 0 saturated heterocycles. The van der Waals surface area contributed by atoms with Gasteiger partial charge in [-0.25, -0.2) is 0 Å². The molecule has 0 radical (unpaired) electrons. The summed E-state index contributed by atoms with van der Waals surface area (Å²) in [6, 6.07) is 19.8. The molecule has 1 aromatic heterocycles. The van der Waals surface area contributed by atoms with Crippen LogP contribution in [0.15, 0.2) is 65.1 Å². The smallest absolute Gasteiger partial charge is 0.178 e. The molecule has 0 atom stereocenters. The number of hydrogen-bond donors (Lipinski definition) is 0. The van der Waals surface area contributed by atoms with Gasteiger partial charge < -0.3 is 4.42 Å². The first-order chi connectivity index (χ1) is 8.42. The molecule has 0 spiro atoms. The maximum Gasteiger partial charge on any atom is 0.178 e. The normalized spacial score (nSPS) is 9.88. The van der Waals surface area contributed by atoms with Crippen molar-refractivity contribution in [2.45, 2.75) is 0 Å². The Morgan fingerprint density at radius 3 is 2.35 bits per heavy atom. The Kier molecular flexibility index (Phi) is 2.40. The van der Waals surface area contributed by atoms with Gasteiger partial charge in [-0.1, -0.05) is 42.3 Å². The summed E-state index contributed by atoms with van der Waals surface area (Å²) >= 11 is 0. The molecule has 80 valence electrons. The third-order valence-corrected chi connectivity index (χ3v) is 2.53. The second-order valence-electron chi connectivity index (χ2n) is 3.76. The van der Waals surface area contributed by atoms with Gasteiger partial charge in [0.05, 0.1) is 0 Å². The van der Waals surface area contributed by atoms with Crippen LogP contribution in [-0.2, 0) is 0 Å². The van der Waals surface area contributed by atoms with E-state index in [1.54, 1.807) is 0 Å². The summed E-state index contributed by atoms with van der Waals surface area (Å²) in [7, 11) is 0. The van der Waals surface area contributed by atoms with Crippen LogP contribution in [0.3, 0.4) is 0 Å². The summed E-state index contributed by atoms with van der Waals surface area (Å²) in [5, 5.41) is 1.09. The number of benzene rings is 2. The highest BCUT2D eigenvalue weighted by atomic mass is 16.3. The summed E-state index contributed by atoms with van der Waals surface area (Å²) in [5.74, 6) is 6.82. The van der Waals surface area contributed by atoms with Gasteiger partial charge in [0.1, 0.15) is 5.58 Å². The zero-order valence-corrected chi connectivity index (χ0v) is 9.18. The summed E-state index contributed by atoms with van der Waals surface area (Å²) < 4.78 is 5.62. The minimum absolute atomic E-state index is 0.704. The van der Waals surface area contributed by atoms with Crippen LogP contribution in [0.5, 0.6) is 0 Å². The van der Waals surface area contributed by atoms with Crippen LogP contribution in [-0.4, -0.2) is 0 Å². The van der Waals surface area contributed by atoms with Crippen LogP contribution in [0.4, 0.5) is 0 Å². The Hall–Kier alpha value is -2.46. The molecule has 0 N–H and O–H groups in total. The predicted octanol–water partition coefficient (Wildman–Crippen LogP) is 3.83. The second kappa shape index (κ2) is 4.19. The van der Waals surface area contributed by atoms with Gasteiger partial charge in [0, 0.05) is 17.0 Å². The second-order valence-corrected chi connectivity index (χ2v) is 3.76. The van der Waals surface area contributed by atoms with Crippen LogP contribution in [0.1, 0.15) is 11.3 Å². The highest BCUT2D eigenvalue weighted by Crippen LogP contribution is 2.17. The monoisotopic (exact) mass is 218 g/mol. The molecule has 0 aliphatic carbocycles. The number of para-hydroxylation sites is 1. The van der Waals surface area contributed by atoms with Crippen molar-refractivity contribution >= 4 is 11.0 Å². The molecule has 3 rings (SSSR count). The molecule has 1 heterocycles. The first kappa shape index (κ1) is 9.74. The largest absolute Gasteiger partial charge is 0.448 e. The summed E-state index contributed by atoms with van der Waals surface area (Å²) in [4.78, 5) is 0. The summed E-state index contributed by atoms with van der Waals surface area (Å²) in [5.41, 5.74) is 1.87. The first-order valence-electron chi connectivity index (χ1n) is 5.47. The number of rotatable bonds is 0. The fourth-order valence-electron chi connectivity index (χ4n) is 1.70. The molecule has 0 aliphatic rings. The van der Waals surface area contributed by atoms with Crippen LogP contribution < -0.4 is 0 Å². The Labute approximate surface area is 99.7 Å². The molecule has 0 fully saturated rings. The first-order valence-corrected chi connectivity index (χ1v) is 5.47. The van der Waals surface area contributed by atoms with Gasteiger partial charge in [-0.05, 0) is 24.1 Å². The molecule has 1 nitrogen and oxygen atoms in total. The van der Waals surface area contributed by atoms with Crippen molar-refractivity contribution in [2.75, 3.05) is 0 Å².